The van der Waals surface area contributed by atoms with Gasteiger partial charge in [-0.1, -0.05) is 0 Å². The van der Waals surface area contributed by atoms with Gasteiger partial charge in [-0.15, -0.1) is 0 Å². The molecule has 1 aromatic heterocycles. The molecule has 0 aliphatic heterocycles. The van der Waals surface area contributed by atoms with Crippen LogP contribution in [-0.4, -0.2) is 21.7 Å². The summed E-state index contributed by atoms with van der Waals surface area (Å²) in [7, 11) is 0. The van der Waals surface area contributed by atoms with E-state index in [-0.39, 0.29) is 12.2 Å². The van der Waals surface area contributed by atoms with Crippen molar-refractivity contribution < 1.29 is 9.59 Å². The Morgan fingerprint density at radius 3 is 2.42 bits per heavy atom. The molecule has 0 fully saturated rings. The molecule has 1 rings (SSSR count). The maximum absolute atomic E-state index is 11.1. The van der Waals surface area contributed by atoms with Gasteiger partial charge in [0.25, 0.3) is 0 Å². The molecule has 62 valence electrons. The highest BCUT2D eigenvalue weighted by Crippen LogP contribution is 1.97. The van der Waals surface area contributed by atoms with Crippen molar-refractivity contribution >= 4 is 11.7 Å². The van der Waals surface area contributed by atoms with E-state index in [2.05, 4.69) is 9.97 Å². The largest absolute Gasteiger partial charge is 0.369 e. The van der Waals surface area contributed by atoms with Crippen molar-refractivity contribution in [3.8, 4) is 0 Å². The van der Waals surface area contributed by atoms with Gasteiger partial charge < -0.3 is 5.73 Å². The molecule has 5 heteroatoms. The SMILES string of the molecule is NC(=O)CC(=O)c1cncnc1. The summed E-state index contributed by atoms with van der Waals surface area (Å²) in [5, 5.41) is 0. The Kier molecular flexibility index (Phi) is 2.47. The van der Waals surface area contributed by atoms with Gasteiger partial charge in [0, 0.05) is 12.4 Å². The first-order valence-electron chi connectivity index (χ1n) is 3.26. The molecule has 1 heterocycles. The van der Waals surface area contributed by atoms with Crippen LogP contribution in [0.3, 0.4) is 0 Å². The van der Waals surface area contributed by atoms with Gasteiger partial charge in [-0.05, 0) is 0 Å². The number of Topliss-reactive ketones (excluding diaryl/α,β-unsaturated/α-hetero) is 1. The van der Waals surface area contributed by atoms with Crippen molar-refractivity contribution in [2.24, 2.45) is 5.73 Å². The van der Waals surface area contributed by atoms with E-state index >= 15 is 0 Å². The van der Waals surface area contributed by atoms with Crippen molar-refractivity contribution in [3.63, 3.8) is 0 Å². The lowest BCUT2D eigenvalue weighted by molar-refractivity contribution is -0.117. The van der Waals surface area contributed by atoms with Gasteiger partial charge in [0.1, 0.15) is 6.33 Å². The summed E-state index contributed by atoms with van der Waals surface area (Å²) >= 11 is 0. The van der Waals surface area contributed by atoms with E-state index in [0.717, 1.165) is 0 Å². The van der Waals surface area contributed by atoms with Gasteiger partial charge in [-0.3, -0.25) is 9.59 Å². The molecule has 5 nitrogen and oxygen atoms in total. The zero-order valence-corrected chi connectivity index (χ0v) is 6.23. The molecule has 0 radical (unpaired) electrons. The van der Waals surface area contributed by atoms with E-state index in [1.54, 1.807) is 0 Å². The van der Waals surface area contributed by atoms with Crippen LogP contribution >= 0.6 is 0 Å². The van der Waals surface area contributed by atoms with Crippen molar-refractivity contribution in [2.45, 2.75) is 6.42 Å². The van der Waals surface area contributed by atoms with Gasteiger partial charge in [0.15, 0.2) is 5.78 Å². The maximum Gasteiger partial charge on any atom is 0.225 e. The second-order valence-corrected chi connectivity index (χ2v) is 2.19. The topological polar surface area (TPSA) is 85.9 Å². The summed E-state index contributed by atoms with van der Waals surface area (Å²) in [6.07, 6.45) is 3.70. The van der Waals surface area contributed by atoms with E-state index in [9.17, 15) is 9.59 Å². The van der Waals surface area contributed by atoms with Crippen molar-refractivity contribution in [2.75, 3.05) is 0 Å². The molecule has 1 amide bonds. The van der Waals surface area contributed by atoms with Crippen LogP contribution < -0.4 is 5.73 Å². The third-order valence-electron chi connectivity index (χ3n) is 1.22. The average molecular weight is 165 g/mol. The van der Waals surface area contributed by atoms with E-state index in [4.69, 9.17) is 5.73 Å². The monoisotopic (exact) mass is 165 g/mol. The molecule has 0 saturated heterocycles. The van der Waals surface area contributed by atoms with Crippen LogP contribution in [-0.2, 0) is 4.79 Å². The number of hydrogen-bond acceptors (Lipinski definition) is 4. The number of primary amides is 1. The lowest BCUT2D eigenvalue weighted by Crippen LogP contribution is -2.16. The summed E-state index contributed by atoms with van der Waals surface area (Å²) in [5.41, 5.74) is 5.13. The molecule has 0 spiro atoms. The van der Waals surface area contributed by atoms with Gasteiger partial charge in [-0.2, -0.15) is 0 Å². The Bertz CT molecular complexity index is 297. The molecule has 0 aromatic carbocycles. The van der Waals surface area contributed by atoms with Crippen LogP contribution in [0.15, 0.2) is 18.7 Å². The molecule has 0 aliphatic carbocycles. The molecule has 12 heavy (non-hydrogen) atoms. The summed E-state index contributed by atoms with van der Waals surface area (Å²) in [4.78, 5) is 28.7. The Morgan fingerprint density at radius 2 is 1.92 bits per heavy atom. The lowest BCUT2D eigenvalue weighted by atomic mass is 10.1. The van der Waals surface area contributed by atoms with E-state index in [1.807, 2.05) is 0 Å². The fourth-order valence-corrected chi connectivity index (χ4v) is 0.703. The van der Waals surface area contributed by atoms with Crippen molar-refractivity contribution in [3.05, 3.63) is 24.3 Å². The molecule has 0 atom stereocenters. The number of aromatic nitrogens is 2. The minimum atomic E-state index is -0.649. The maximum atomic E-state index is 11.1. The van der Waals surface area contributed by atoms with E-state index in [0.29, 0.717) is 5.56 Å². The Balaban J connectivity index is 2.73. The number of carbonyl (C=O) groups is 2. The molecular formula is C7H7N3O2. The fourth-order valence-electron chi connectivity index (χ4n) is 0.703. The third kappa shape index (κ3) is 2.12. The summed E-state index contributed by atoms with van der Waals surface area (Å²) in [6, 6.07) is 0. The number of carbonyl (C=O) groups excluding carboxylic acids is 2. The minimum Gasteiger partial charge on any atom is -0.369 e. The fraction of sp³-hybridized carbons (Fsp3) is 0.143. The summed E-state index contributed by atoms with van der Waals surface area (Å²) in [6.45, 7) is 0. The second kappa shape index (κ2) is 3.56. The third-order valence-corrected chi connectivity index (χ3v) is 1.22. The smallest absolute Gasteiger partial charge is 0.225 e. The molecule has 0 unspecified atom stereocenters. The summed E-state index contributed by atoms with van der Waals surface area (Å²) in [5.74, 6) is -1.01. The van der Waals surface area contributed by atoms with Crippen LogP contribution in [0.4, 0.5) is 0 Å². The highest BCUT2D eigenvalue weighted by molar-refractivity contribution is 6.06. The van der Waals surface area contributed by atoms with E-state index in [1.165, 1.54) is 18.7 Å². The highest BCUT2D eigenvalue weighted by atomic mass is 16.2. The zero-order chi connectivity index (χ0) is 8.97. The predicted molar refractivity (Wildman–Crippen MR) is 40.2 cm³/mol. The van der Waals surface area contributed by atoms with Crippen LogP contribution in [0.5, 0.6) is 0 Å². The number of amides is 1. The first-order valence-corrected chi connectivity index (χ1v) is 3.26. The molecular weight excluding hydrogens is 158 g/mol. The van der Waals surface area contributed by atoms with Gasteiger partial charge in [0.2, 0.25) is 5.91 Å². The average Bonchev–Trinajstić information content (AvgIpc) is 2.05. The quantitative estimate of drug-likeness (QED) is 0.484. The molecule has 0 aliphatic rings. The summed E-state index contributed by atoms with van der Waals surface area (Å²) < 4.78 is 0. The number of nitrogens with zero attached hydrogens (tertiary/aromatic N) is 2. The standard InChI is InChI=1S/C7H7N3O2/c8-7(12)1-6(11)5-2-9-4-10-3-5/h2-4H,1H2,(H2,8,12). The van der Waals surface area contributed by atoms with Gasteiger partial charge in [0.05, 0.1) is 12.0 Å². The highest BCUT2D eigenvalue weighted by Gasteiger charge is 2.08. The first-order chi connectivity index (χ1) is 5.70. The number of ketones is 1. The van der Waals surface area contributed by atoms with E-state index < -0.39 is 5.91 Å². The molecule has 1 aromatic rings. The number of hydrogen-bond donors (Lipinski definition) is 1. The van der Waals surface area contributed by atoms with Crippen LogP contribution in [0, 0.1) is 0 Å². The second-order valence-electron chi connectivity index (χ2n) is 2.19. The van der Waals surface area contributed by atoms with Crippen molar-refractivity contribution in [1.29, 1.82) is 0 Å². The zero-order valence-electron chi connectivity index (χ0n) is 6.23. The predicted octanol–water partition coefficient (Wildman–Crippen LogP) is -0.465. The lowest BCUT2D eigenvalue weighted by Gasteiger charge is -1.94. The molecule has 2 N–H and O–H groups in total. The van der Waals surface area contributed by atoms with Gasteiger partial charge >= 0.3 is 0 Å². The molecule has 0 saturated carbocycles. The number of nitrogens with two attached hydrogens (primary N) is 1. The van der Waals surface area contributed by atoms with Gasteiger partial charge in [-0.25, -0.2) is 9.97 Å². The first kappa shape index (κ1) is 8.32. The van der Waals surface area contributed by atoms with Crippen LogP contribution in [0.25, 0.3) is 0 Å². The Morgan fingerprint density at radius 1 is 1.33 bits per heavy atom. The normalized spacial score (nSPS) is 9.33. The minimum absolute atomic E-state index is 0.298. The Labute approximate surface area is 68.6 Å². The van der Waals surface area contributed by atoms with Crippen LogP contribution in [0.2, 0.25) is 0 Å². The number of rotatable bonds is 3. The molecule has 0 bridgehead atoms. The van der Waals surface area contributed by atoms with Crippen molar-refractivity contribution in [1.82, 2.24) is 9.97 Å². The van der Waals surface area contributed by atoms with Crippen LogP contribution in [0.1, 0.15) is 16.8 Å². The Hall–Kier alpha value is -1.78.